The van der Waals surface area contributed by atoms with Crippen LogP contribution in [0.15, 0.2) is 24.3 Å². The van der Waals surface area contributed by atoms with Crippen LogP contribution in [0.25, 0.3) is 0 Å². The topological polar surface area (TPSA) is 102 Å². The predicted molar refractivity (Wildman–Crippen MR) is 80.6 cm³/mol. The Morgan fingerprint density at radius 1 is 1.27 bits per heavy atom. The highest BCUT2D eigenvalue weighted by atomic mass is 32.2. The fraction of sp³-hybridized carbons (Fsp3) is 0.286. The van der Waals surface area contributed by atoms with Gasteiger partial charge in [-0.2, -0.15) is 0 Å². The number of amides is 3. The lowest BCUT2D eigenvalue weighted by atomic mass is 10.2. The molecule has 0 radical (unpaired) electrons. The summed E-state index contributed by atoms with van der Waals surface area (Å²) in [6.45, 7) is 2.01. The van der Waals surface area contributed by atoms with Gasteiger partial charge in [0.15, 0.2) is 0 Å². The fourth-order valence-corrected chi connectivity index (χ4v) is 2.63. The van der Waals surface area contributed by atoms with Gasteiger partial charge in [-0.05, 0) is 31.2 Å². The van der Waals surface area contributed by atoms with E-state index >= 15 is 0 Å². The Morgan fingerprint density at radius 3 is 2.50 bits per heavy atom. The van der Waals surface area contributed by atoms with Crippen molar-refractivity contribution in [1.82, 2.24) is 5.32 Å². The summed E-state index contributed by atoms with van der Waals surface area (Å²) in [6.07, 6.45) is -0.0954. The number of esters is 1. The van der Waals surface area contributed by atoms with Gasteiger partial charge >= 0.3 is 5.97 Å². The molecule has 1 atom stereocenters. The quantitative estimate of drug-likeness (QED) is 0.797. The van der Waals surface area contributed by atoms with Gasteiger partial charge < -0.3 is 10.1 Å². The van der Waals surface area contributed by atoms with Gasteiger partial charge in [0.05, 0.1) is 12.2 Å². The van der Waals surface area contributed by atoms with Gasteiger partial charge in [-0.3, -0.25) is 19.7 Å². The van der Waals surface area contributed by atoms with Crippen molar-refractivity contribution in [2.24, 2.45) is 0 Å². The molecule has 2 N–H and O–H groups in total. The molecule has 1 fully saturated rings. The van der Waals surface area contributed by atoms with Crippen molar-refractivity contribution in [2.75, 3.05) is 11.9 Å². The Hall–Kier alpha value is -2.35. The molecule has 2 rings (SSSR count). The maximum Gasteiger partial charge on any atom is 0.338 e. The number of carbonyl (C=O) groups is 4. The Balaban J connectivity index is 1.90. The first-order valence-electron chi connectivity index (χ1n) is 6.58. The molecule has 0 bridgehead atoms. The molecule has 116 valence electrons. The van der Waals surface area contributed by atoms with Gasteiger partial charge in [0.1, 0.15) is 5.25 Å². The zero-order chi connectivity index (χ0) is 16.1. The number of imide groups is 1. The van der Waals surface area contributed by atoms with E-state index in [9.17, 15) is 19.2 Å². The van der Waals surface area contributed by atoms with E-state index in [1.807, 2.05) is 0 Å². The molecular weight excluding hydrogens is 308 g/mol. The zero-order valence-electron chi connectivity index (χ0n) is 11.8. The van der Waals surface area contributed by atoms with Gasteiger partial charge in [-0.1, -0.05) is 11.8 Å². The van der Waals surface area contributed by atoms with E-state index in [0.29, 0.717) is 11.3 Å². The molecular formula is C14H14N2O5S. The van der Waals surface area contributed by atoms with Crippen molar-refractivity contribution in [3.63, 3.8) is 0 Å². The van der Waals surface area contributed by atoms with Crippen LogP contribution in [0.3, 0.4) is 0 Å². The van der Waals surface area contributed by atoms with Crippen LogP contribution in [0.5, 0.6) is 0 Å². The van der Waals surface area contributed by atoms with Crippen LogP contribution in [-0.2, 0) is 14.3 Å². The molecule has 1 heterocycles. The van der Waals surface area contributed by atoms with E-state index in [-0.39, 0.29) is 18.9 Å². The van der Waals surface area contributed by atoms with Crippen molar-refractivity contribution in [3.05, 3.63) is 29.8 Å². The summed E-state index contributed by atoms with van der Waals surface area (Å²) in [4.78, 5) is 45.7. The molecule has 8 heteroatoms. The van der Waals surface area contributed by atoms with E-state index in [2.05, 4.69) is 10.6 Å². The molecule has 1 aliphatic heterocycles. The summed E-state index contributed by atoms with van der Waals surface area (Å²) in [6, 6.07) is 6.21. The lowest BCUT2D eigenvalue weighted by molar-refractivity contribution is -0.122. The smallest absolute Gasteiger partial charge is 0.338 e. The van der Waals surface area contributed by atoms with Gasteiger partial charge in [0.2, 0.25) is 11.8 Å². The number of hydrogen-bond donors (Lipinski definition) is 2. The molecule has 1 aromatic carbocycles. The van der Waals surface area contributed by atoms with Crippen molar-refractivity contribution >= 4 is 40.5 Å². The summed E-state index contributed by atoms with van der Waals surface area (Å²) in [5.41, 5.74) is 0.879. The summed E-state index contributed by atoms with van der Waals surface area (Å²) < 4.78 is 4.85. The van der Waals surface area contributed by atoms with Crippen LogP contribution >= 0.6 is 11.8 Å². The maximum atomic E-state index is 11.8. The number of ether oxygens (including phenoxy) is 1. The van der Waals surface area contributed by atoms with E-state index in [0.717, 1.165) is 11.8 Å². The van der Waals surface area contributed by atoms with Crippen LogP contribution < -0.4 is 10.6 Å². The molecule has 22 heavy (non-hydrogen) atoms. The number of nitrogens with one attached hydrogen (secondary N) is 2. The normalized spacial score (nSPS) is 17.0. The summed E-state index contributed by atoms with van der Waals surface area (Å²) >= 11 is 0.803. The largest absolute Gasteiger partial charge is 0.462 e. The van der Waals surface area contributed by atoms with Crippen molar-refractivity contribution < 1.29 is 23.9 Å². The number of benzene rings is 1. The van der Waals surface area contributed by atoms with Crippen LogP contribution in [0, 0.1) is 0 Å². The van der Waals surface area contributed by atoms with Crippen molar-refractivity contribution in [1.29, 1.82) is 0 Å². The Bertz CT molecular complexity index is 614. The molecule has 1 unspecified atom stereocenters. The monoisotopic (exact) mass is 322 g/mol. The summed E-state index contributed by atoms with van der Waals surface area (Å²) in [5.74, 6) is -1.27. The maximum absolute atomic E-state index is 11.8. The van der Waals surface area contributed by atoms with Crippen molar-refractivity contribution in [2.45, 2.75) is 18.6 Å². The van der Waals surface area contributed by atoms with Gasteiger partial charge in [-0.25, -0.2) is 4.79 Å². The first kappa shape index (κ1) is 16.0. The molecule has 0 aliphatic carbocycles. The molecule has 1 aromatic rings. The average molecular weight is 322 g/mol. The molecule has 7 nitrogen and oxygen atoms in total. The Labute approximate surface area is 130 Å². The second kappa shape index (κ2) is 7.08. The third-order valence-electron chi connectivity index (χ3n) is 2.82. The third-order valence-corrected chi connectivity index (χ3v) is 3.80. The number of carbonyl (C=O) groups excluding carboxylic acids is 4. The zero-order valence-corrected chi connectivity index (χ0v) is 12.6. The minimum absolute atomic E-state index is 0.0954. The molecule has 3 amide bonds. The average Bonchev–Trinajstić information content (AvgIpc) is 2.77. The van der Waals surface area contributed by atoms with E-state index in [1.165, 1.54) is 12.1 Å². The minimum Gasteiger partial charge on any atom is -0.462 e. The van der Waals surface area contributed by atoms with Gasteiger partial charge in [-0.15, -0.1) is 0 Å². The second-order valence-corrected chi connectivity index (χ2v) is 5.61. The van der Waals surface area contributed by atoms with E-state index in [1.54, 1.807) is 19.1 Å². The Kier molecular flexibility index (Phi) is 5.16. The molecule has 0 saturated carbocycles. The first-order valence-corrected chi connectivity index (χ1v) is 7.46. The van der Waals surface area contributed by atoms with Crippen LogP contribution in [0.2, 0.25) is 0 Å². The lowest BCUT2D eigenvalue weighted by Crippen LogP contribution is -2.27. The molecule has 0 spiro atoms. The standard InChI is InChI=1S/C14H14N2O5S/c1-2-21-13(19)8-3-5-9(6-4-8)15-11(17)7-10-12(18)16-14(20)22-10/h3-6,10H,2,7H2,1H3,(H,15,17)(H,16,18,20). The number of rotatable bonds is 5. The second-order valence-electron chi connectivity index (χ2n) is 4.43. The number of hydrogen-bond acceptors (Lipinski definition) is 6. The highest BCUT2D eigenvalue weighted by molar-refractivity contribution is 8.15. The molecule has 1 saturated heterocycles. The SMILES string of the molecule is CCOC(=O)c1ccc(NC(=O)CC2SC(=O)NC2=O)cc1. The fourth-order valence-electron chi connectivity index (χ4n) is 1.81. The van der Waals surface area contributed by atoms with Gasteiger partial charge in [0.25, 0.3) is 5.24 Å². The van der Waals surface area contributed by atoms with Gasteiger partial charge in [0, 0.05) is 12.1 Å². The summed E-state index contributed by atoms with van der Waals surface area (Å²) in [7, 11) is 0. The number of anilines is 1. The number of thioether (sulfide) groups is 1. The molecule has 0 aromatic heterocycles. The lowest BCUT2D eigenvalue weighted by Gasteiger charge is -2.08. The van der Waals surface area contributed by atoms with Crippen molar-refractivity contribution in [3.8, 4) is 0 Å². The first-order chi connectivity index (χ1) is 10.5. The highest BCUT2D eigenvalue weighted by Crippen LogP contribution is 2.22. The minimum atomic E-state index is -0.702. The molecule has 1 aliphatic rings. The predicted octanol–water partition coefficient (Wildman–Crippen LogP) is 1.54. The summed E-state index contributed by atoms with van der Waals surface area (Å²) in [5, 5.41) is 3.58. The van der Waals surface area contributed by atoms with E-state index in [4.69, 9.17) is 4.74 Å². The van der Waals surface area contributed by atoms with Crippen LogP contribution in [0.4, 0.5) is 10.5 Å². The van der Waals surface area contributed by atoms with Crippen LogP contribution in [-0.4, -0.2) is 34.9 Å². The third kappa shape index (κ3) is 4.08. The highest BCUT2D eigenvalue weighted by Gasteiger charge is 2.33. The van der Waals surface area contributed by atoms with E-state index < -0.39 is 22.4 Å². The Morgan fingerprint density at radius 2 is 1.95 bits per heavy atom. The van der Waals surface area contributed by atoms with Crippen LogP contribution in [0.1, 0.15) is 23.7 Å².